The first-order valence-electron chi connectivity index (χ1n) is 6.89. The van der Waals surface area contributed by atoms with Crippen LogP contribution in [0.1, 0.15) is 24.2 Å². The third-order valence-electron chi connectivity index (χ3n) is 3.37. The number of nitrogens with one attached hydrogen (secondary N) is 1. The summed E-state index contributed by atoms with van der Waals surface area (Å²) in [5.74, 6) is 0.0895. The summed E-state index contributed by atoms with van der Waals surface area (Å²) in [4.78, 5) is 15.9. The molecule has 0 fully saturated rings. The van der Waals surface area contributed by atoms with E-state index in [4.69, 9.17) is 0 Å². The minimum atomic E-state index is 0.0895. The lowest BCUT2D eigenvalue weighted by atomic mass is 10.3. The van der Waals surface area contributed by atoms with E-state index in [0.29, 0.717) is 13.0 Å². The van der Waals surface area contributed by atoms with E-state index in [9.17, 15) is 4.79 Å². The fourth-order valence-corrected chi connectivity index (χ4v) is 2.01. The standard InChI is InChI=1S/C14H21N5O/c1-12-13(2)18(11-16-12)10-7-15-14(20)5-3-8-19-9-4-6-17-19/h4,6,9,11H,3,5,7-8,10H2,1-2H3,(H,15,20). The molecule has 20 heavy (non-hydrogen) atoms. The first-order valence-corrected chi connectivity index (χ1v) is 6.89. The second-order valence-electron chi connectivity index (χ2n) is 4.83. The number of aromatic nitrogens is 4. The SMILES string of the molecule is Cc1ncn(CCNC(=O)CCCn2cccn2)c1C. The average molecular weight is 275 g/mol. The third-order valence-corrected chi connectivity index (χ3v) is 3.37. The Morgan fingerprint density at radius 3 is 2.85 bits per heavy atom. The molecule has 6 heteroatoms. The van der Waals surface area contributed by atoms with E-state index in [1.165, 1.54) is 0 Å². The maximum absolute atomic E-state index is 11.7. The maximum atomic E-state index is 11.7. The number of carbonyl (C=O) groups is 1. The van der Waals surface area contributed by atoms with Gasteiger partial charge in [0, 0.05) is 44.1 Å². The van der Waals surface area contributed by atoms with E-state index in [1.807, 2.05) is 37.1 Å². The summed E-state index contributed by atoms with van der Waals surface area (Å²) in [7, 11) is 0. The van der Waals surface area contributed by atoms with E-state index in [1.54, 1.807) is 6.20 Å². The molecule has 0 unspecified atom stereocenters. The monoisotopic (exact) mass is 275 g/mol. The molecule has 0 saturated carbocycles. The minimum Gasteiger partial charge on any atom is -0.354 e. The van der Waals surface area contributed by atoms with Crippen LogP contribution < -0.4 is 5.32 Å². The number of nitrogens with zero attached hydrogens (tertiary/aromatic N) is 4. The van der Waals surface area contributed by atoms with Crippen molar-refractivity contribution in [2.75, 3.05) is 6.54 Å². The first-order chi connectivity index (χ1) is 9.66. The summed E-state index contributed by atoms with van der Waals surface area (Å²) >= 11 is 0. The lowest BCUT2D eigenvalue weighted by molar-refractivity contribution is -0.121. The normalized spacial score (nSPS) is 10.7. The fraction of sp³-hybridized carbons (Fsp3) is 0.500. The molecule has 2 rings (SSSR count). The van der Waals surface area contributed by atoms with Crippen molar-refractivity contribution in [3.05, 3.63) is 36.2 Å². The summed E-state index contributed by atoms with van der Waals surface area (Å²) in [5.41, 5.74) is 2.19. The second-order valence-corrected chi connectivity index (χ2v) is 4.83. The highest BCUT2D eigenvalue weighted by Crippen LogP contribution is 2.03. The second kappa shape index (κ2) is 6.88. The van der Waals surface area contributed by atoms with Crippen LogP contribution in [-0.4, -0.2) is 31.8 Å². The van der Waals surface area contributed by atoms with Crippen molar-refractivity contribution in [1.29, 1.82) is 0 Å². The van der Waals surface area contributed by atoms with E-state index in [-0.39, 0.29) is 5.91 Å². The Morgan fingerprint density at radius 1 is 1.35 bits per heavy atom. The van der Waals surface area contributed by atoms with Crippen LogP contribution >= 0.6 is 0 Å². The Morgan fingerprint density at radius 2 is 2.20 bits per heavy atom. The summed E-state index contributed by atoms with van der Waals surface area (Å²) in [5, 5.41) is 7.03. The van der Waals surface area contributed by atoms with Gasteiger partial charge in [-0.15, -0.1) is 0 Å². The quantitative estimate of drug-likeness (QED) is 0.828. The molecule has 0 aliphatic carbocycles. The molecule has 0 aliphatic rings. The molecule has 2 aromatic heterocycles. The van der Waals surface area contributed by atoms with Crippen molar-refractivity contribution in [2.45, 2.75) is 39.8 Å². The van der Waals surface area contributed by atoms with Crippen LogP contribution in [0.5, 0.6) is 0 Å². The van der Waals surface area contributed by atoms with Gasteiger partial charge in [-0.25, -0.2) is 4.98 Å². The predicted octanol–water partition coefficient (Wildman–Crippen LogP) is 1.29. The Balaban J connectivity index is 1.61. The Bertz CT molecular complexity index is 544. The van der Waals surface area contributed by atoms with Crippen molar-refractivity contribution in [2.24, 2.45) is 0 Å². The van der Waals surface area contributed by atoms with E-state index in [0.717, 1.165) is 30.9 Å². The van der Waals surface area contributed by atoms with Crippen LogP contribution in [0, 0.1) is 13.8 Å². The molecule has 0 spiro atoms. The molecule has 0 aromatic carbocycles. The van der Waals surface area contributed by atoms with Gasteiger partial charge in [0.25, 0.3) is 0 Å². The molecule has 2 aromatic rings. The van der Waals surface area contributed by atoms with Gasteiger partial charge >= 0.3 is 0 Å². The third kappa shape index (κ3) is 3.94. The molecule has 0 saturated heterocycles. The highest BCUT2D eigenvalue weighted by Gasteiger charge is 2.04. The number of carbonyl (C=O) groups excluding carboxylic acids is 1. The molecule has 0 atom stereocenters. The molecule has 0 bridgehead atoms. The zero-order valence-corrected chi connectivity index (χ0v) is 12.0. The number of imidazole rings is 1. The van der Waals surface area contributed by atoms with Gasteiger partial charge in [-0.05, 0) is 26.3 Å². The van der Waals surface area contributed by atoms with Gasteiger partial charge in [-0.2, -0.15) is 5.10 Å². The van der Waals surface area contributed by atoms with Crippen molar-refractivity contribution < 1.29 is 4.79 Å². The predicted molar refractivity (Wildman–Crippen MR) is 76.2 cm³/mol. The van der Waals surface area contributed by atoms with Crippen LogP contribution in [-0.2, 0) is 17.9 Å². The Hall–Kier alpha value is -2.11. The summed E-state index contributed by atoms with van der Waals surface area (Å²) in [6.07, 6.45) is 6.80. The van der Waals surface area contributed by atoms with Gasteiger partial charge in [-0.1, -0.05) is 0 Å². The highest BCUT2D eigenvalue weighted by atomic mass is 16.1. The van der Waals surface area contributed by atoms with Crippen molar-refractivity contribution >= 4 is 5.91 Å². The largest absolute Gasteiger partial charge is 0.354 e. The Labute approximate surface area is 118 Å². The van der Waals surface area contributed by atoms with Crippen molar-refractivity contribution in [1.82, 2.24) is 24.6 Å². The van der Waals surface area contributed by atoms with Crippen molar-refractivity contribution in [3.8, 4) is 0 Å². The summed E-state index contributed by atoms with van der Waals surface area (Å²) in [6, 6.07) is 1.88. The molecule has 108 valence electrons. The highest BCUT2D eigenvalue weighted by molar-refractivity contribution is 5.75. The molecule has 0 aliphatic heterocycles. The molecular weight excluding hydrogens is 254 g/mol. The van der Waals surface area contributed by atoms with E-state index < -0.39 is 0 Å². The van der Waals surface area contributed by atoms with Crippen LogP contribution in [0.3, 0.4) is 0 Å². The topological polar surface area (TPSA) is 64.7 Å². The lowest BCUT2D eigenvalue weighted by Gasteiger charge is -2.07. The van der Waals surface area contributed by atoms with Crippen molar-refractivity contribution in [3.63, 3.8) is 0 Å². The van der Waals surface area contributed by atoms with Gasteiger partial charge in [0.2, 0.25) is 5.91 Å². The van der Waals surface area contributed by atoms with Crippen LogP contribution in [0.4, 0.5) is 0 Å². The lowest BCUT2D eigenvalue weighted by Crippen LogP contribution is -2.27. The fourth-order valence-electron chi connectivity index (χ4n) is 2.01. The maximum Gasteiger partial charge on any atom is 0.220 e. The van der Waals surface area contributed by atoms with Gasteiger partial charge in [0.1, 0.15) is 0 Å². The number of rotatable bonds is 7. The van der Waals surface area contributed by atoms with Crippen LogP contribution in [0.15, 0.2) is 24.8 Å². The number of hydrogen-bond donors (Lipinski definition) is 1. The van der Waals surface area contributed by atoms with Crippen LogP contribution in [0.2, 0.25) is 0 Å². The summed E-state index contributed by atoms with van der Waals surface area (Å²) < 4.78 is 3.89. The molecule has 1 N–H and O–H groups in total. The molecule has 6 nitrogen and oxygen atoms in total. The molecule has 1 amide bonds. The summed E-state index contributed by atoms with van der Waals surface area (Å²) in [6.45, 7) is 6.20. The van der Waals surface area contributed by atoms with Gasteiger partial charge in [0.05, 0.1) is 12.0 Å². The molecule has 0 radical (unpaired) electrons. The number of aryl methyl sites for hydroxylation is 2. The zero-order chi connectivity index (χ0) is 14.4. The van der Waals surface area contributed by atoms with Gasteiger partial charge in [-0.3, -0.25) is 9.48 Å². The zero-order valence-electron chi connectivity index (χ0n) is 12.0. The van der Waals surface area contributed by atoms with E-state index in [2.05, 4.69) is 20.0 Å². The smallest absolute Gasteiger partial charge is 0.220 e. The average Bonchev–Trinajstić information content (AvgIpc) is 3.04. The van der Waals surface area contributed by atoms with Gasteiger partial charge < -0.3 is 9.88 Å². The molecular formula is C14H21N5O. The Kier molecular flexibility index (Phi) is 4.92. The minimum absolute atomic E-state index is 0.0895. The first kappa shape index (κ1) is 14.3. The number of hydrogen-bond acceptors (Lipinski definition) is 3. The number of amides is 1. The molecule has 2 heterocycles. The van der Waals surface area contributed by atoms with E-state index >= 15 is 0 Å². The van der Waals surface area contributed by atoms with Gasteiger partial charge in [0.15, 0.2) is 0 Å². The van der Waals surface area contributed by atoms with Crippen LogP contribution in [0.25, 0.3) is 0 Å².